The number of anilines is 1. The van der Waals surface area contributed by atoms with Crippen LogP contribution in [0.4, 0.5) is 5.69 Å². The maximum Gasteiger partial charge on any atom is 0.0426 e. The Morgan fingerprint density at radius 2 is 2.15 bits per heavy atom. The molecule has 1 aliphatic rings. The molecule has 20 heavy (non-hydrogen) atoms. The van der Waals surface area contributed by atoms with Crippen LogP contribution in [0.15, 0.2) is 18.2 Å². The molecular weight excluding hydrogens is 268 g/mol. The maximum atomic E-state index is 6.20. The molecule has 1 aliphatic heterocycles. The molecule has 1 aromatic rings. The second-order valence-corrected chi connectivity index (χ2v) is 6.32. The van der Waals surface area contributed by atoms with Gasteiger partial charge in [0, 0.05) is 23.8 Å². The molecule has 112 valence electrons. The van der Waals surface area contributed by atoms with Crippen LogP contribution < -0.4 is 10.6 Å². The fourth-order valence-electron chi connectivity index (χ4n) is 3.30. The zero-order valence-corrected chi connectivity index (χ0v) is 13.3. The molecule has 0 saturated carbocycles. The van der Waals surface area contributed by atoms with Crippen molar-refractivity contribution in [3.8, 4) is 0 Å². The Hall–Kier alpha value is -0.730. The first-order valence-electron chi connectivity index (χ1n) is 7.98. The molecule has 1 aromatic carbocycles. The molecule has 2 rings (SSSR count). The summed E-state index contributed by atoms with van der Waals surface area (Å²) in [6, 6.07) is 6.24. The van der Waals surface area contributed by atoms with Gasteiger partial charge in [-0.2, -0.15) is 0 Å². The zero-order chi connectivity index (χ0) is 14.4. The van der Waals surface area contributed by atoms with E-state index in [0.717, 1.165) is 30.5 Å². The first-order chi connectivity index (χ1) is 9.74. The Kier molecular flexibility index (Phi) is 6.18. The average Bonchev–Trinajstić information content (AvgIpc) is 2.67. The largest absolute Gasteiger partial charge is 0.371 e. The third-order valence-corrected chi connectivity index (χ3v) is 4.58. The molecule has 2 N–H and O–H groups in total. The Morgan fingerprint density at radius 3 is 2.90 bits per heavy atom. The van der Waals surface area contributed by atoms with Gasteiger partial charge in [0.25, 0.3) is 0 Å². The van der Waals surface area contributed by atoms with Crippen LogP contribution in [0.2, 0.25) is 5.02 Å². The minimum atomic E-state index is 0.695. The second-order valence-electron chi connectivity index (χ2n) is 5.88. The van der Waals surface area contributed by atoms with Crippen molar-refractivity contribution in [2.24, 2.45) is 11.7 Å². The van der Waals surface area contributed by atoms with Crippen molar-refractivity contribution in [2.45, 2.75) is 45.4 Å². The zero-order valence-electron chi connectivity index (χ0n) is 12.6. The van der Waals surface area contributed by atoms with E-state index in [2.05, 4.69) is 24.0 Å². The smallest absolute Gasteiger partial charge is 0.0426 e. The van der Waals surface area contributed by atoms with Gasteiger partial charge in [-0.05, 0) is 55.8 Å². The summed E-state index contributed by atoms with van der Waals surface area (Å²) in [4.78, 5) is 2.52. The number of nitrogens with zero attached hydrogens (tertiary/aromatic N) is 1. The minimum absolute atomic E-state index is 0.695. The van der Waals surface area contributed by atoms with E-state index in [1.165, 1.54) is 43.4 Å². The van der Waals surface area contributed by atoms with Gasteiger partial charge in [-0.3, -0.25) is 0 Å². The van der Waals surface area contributed by atoms with Crippen LogP contribution in [0.1, 0.15) is 44.6 Å². The van der Waals surface area contributed by atoms with Gasteiger partial charge in [-0.15, -0.1) is 0 Å². The van der Waals surface area contributed by atoms with E-state index in [4.69, 9.17) is 17.3 Å². The number of hydrogen-bond donors (Lipinski definition) is 1. The molecule has 0 amide bonds. The Bertz CT molecular complexity index is 419. The lowest BCUT2D eigenvalue weighted by atomic mass is 9.96. The fourth-order valence-corrected chi connectivity index (χ4v) is 3.47. The van der Waals surface area contributed by atoms with Crippen molar-refractivity contribution in [3.63, 3.8) is 0 Å². The number of rotatable bonds is 5. The van der Waals surface area contributed by atoms with Crippen molar-refractivity contribution in [1.82, 2.24) is 0 Å². The standard InChI is InChI=1S/C17H27ClN2/c1-2-4-14-5-3-11-20(12-9-14)17-13-16(18)7-6-15(17)8-10-19/h6-7,13-14H,2-5,8-12,19H2,1H3. The predicted octanol–water partition coefficient (Wildman–Crippen LogP) is 4.25. The van der Waals surface area contributed by atoms with E-state index in [1.807, 2.05) is 6.07 Å². The molecule has 3 heteroatoms. The van der Waals surface area contributed by atoms with Crippen molar-refractivity contribution < 1.29 is 0 Å². The molecule has 0 radical (unpaired) electrons. The van der Waals surface area contributed by atoms with Crippen molar-refractivity contribution in [2.75, 3.05) is 24.5 Å². The normalized spacial score (nSPS) is 19.9. The van der Waals surface area contributed by atoms with Crippen LogP contribution in [0.25, 0.3) is 0 Å². The topological polar surface area (TPSA) is 29.3 Å². The number of halogens is 1. The summed E-state index contributed by atoms with van der Waals surface area (Å²) in [7, 11) is 0. The van der Waals surface area contributed by atoms with Gasteiger partial charge in [-0.25, -0.2) is 0 Å². The Labute approximate surface area is 128 Å². The number of benzene rings is 1. The Balaban J connectivity index is 2.12. The van der Waals surface area contributed by atoms with Gasteiger partial charge in [0.05, 0.1) is 0 Å². The fraction of sp³-hybridized carbons (Fsp3) is 0.647. The lowest BCUT2D eigenvalue weighted by Crippen LogP contribution is -2.25. The predicted molar refractivity (Wildman–Crippen MR) is 88.7 cm³/mol. The maximum absolute atomic E-state index is 6.20. The van der Waals surface area contributed by atoms with E-state index in [-0.39, 0.29) is 0 Å². The van der Waals surface area contributed by atoms with Crippen molar-refractivity contribution in [1.29, 1.82) is 0 Å². The van der Waals surface area contributed by atoms with E-state index in [0.29, 0.717) is 6.54 Å². The molecule has 0 aromatic heterocycles. The summed E-state index contributed by atoms with van der Waals surface area (Å²) in [5.74, 6) is 0.905. The van der Waals surface area contributed by atoms with E-state index in [1.54, 1.807) is 0 Å². The van der Waals surface area contributed by atoms with E-state index < -0.39 is 0 Å². The summed E-state index contributed by atoms with van der Waals surface area (Å²) in [6.45, 7) is 5.29. The molecular formula is C17H27ClN2. The highest BCUT2D eigenvalue weighted by molar-refractivity contribution is 6.30. The lowest BCUT2D eigenvalue weighted by Gasteiger charge is -2.26. The molecule has 2 nitrogen and oxygen atoms in total. The molecule has 1 fully saturated rings. The quantitative estimate of drug-likeness (QED) is 0.880. The summed E-state index contributed by atoms with van der Waals surface area (Å²) in [5, 5.41) is 0.829. The Morgan fingerprint density at radius 1 is 1.30 bits per heavy atom. The molecule has 0 bridgehead atoms. The van der Waals surface area contributed by atoms with E-state index >= 15 is 0 Å². The molecule has 1 saturated heterocycles. The highest BCUT2D eigenvalue weighted by Crippen LogP contribution is 2.30. The van der Waals surface area contributed by atoms with Gasteiger partial charge in [0.2, 0.25) is 0 Å². The highest BCUT2D eigenvalue weighted by atomic mass is 35.5. The van der Waals surface area contributed by atoms with Gasteiger partial charge in [-0.1, -0.05) is 37.4 Å². The minimum Gasteiger partial charge on any atom is -0.371 e. The second kappa shape index (κ2) is 7.90. The van der Waals surface area contributed by atoms with Gasteiger partial charge in [0.1, 0.15) is 0 Å². The molecule has 1 unspecified atom stereocenters. The molecule has 0 spiro atoms. The summed E-state index contributed by atoms with van der Waals surface area (Å²) < 4.78 is 0. The first kappa shape index (κ1) is 15.7. The molecule has 1 atom stereocenters. The number of hydrogen-bond acceptors (Lipinski definition) is 2. The third kappa shape index (κ3) is 4.13. The van der Waals surface area contributed by atoms with Gasteiger partial charge < -0.3 is 10.6 Å². The highest BCUT2D eigenvalue weighted by Gasteiger charge is 2.18. The van der Waals surface area contributed by atoms with E-state index in [9.17, 15) is 0 Å². The van der Waals surface area contributed by atoms with Crippen LogP contribution >= 0.6 is 11.6 Å². The van der Waals surface area contributed by atoms with Crippen LogP contribution in [0.3, 0.4) is 0 Å². The van der Waals surface area contributed by atoms with Crippen LogP contribution in [0.5, 0.6) is 0 Å². The van der Waals surface area contributed by atoms with Crippen molar-refractivity contribution >= 4 is 17.3 Å². The van der Waals surface area contributed by atoms with Crippen molar-refractivity contribution in [3.05, 3.63) is 28.8 Å². The number of nitrogens with two attached hydrogens (primary N) is 1. The summed E-state index contributed by atoms with van der Waals surface area (Å²) in [5.41, 5.74) is 8.38. The van der Waals surface area contributed by atoms with Gasteiger partial charge in [0.15, 0.2) is 0 Å². The molecule has 0 aliphatic carbocycles. The third-order valence-electron chi connectivity index (χ3n) is 4.35. The monoisotopic (exact) mass is 294 g/mol. The lowest BCUT2D eigenvalue weighted by molar-refractivity contribution is 0.435. The van der Waals surface area contributed by atoms with Gasteiger partial charge >= 0.3 is 0 Å². The summed E-state index contributed by atoms with van der Waals surface area (Å²) in [6.07, 6.45) is 7.58. The van der Waals surface area contributed by atoms with Crippen LogP contribution in [0, 0.1) is 5.92 Å². The van der Waals surface area contributed by atoms with Crippen LogP contribution in [-0.4, -0.2) is 19.6 Å². The van der Waals surface area contributed by atoms with Crippen LogP contribution in [-0.2, 0) is 6.42 Å². The SMILES string of the molecule is CCCC1CCCN(c2cc(Cl)ccc2CCN)CC1. The average molecular weight is 295 g/mol. The summed E-state index contributed by atoms with van der Waals surface area (Å²) >= 11 is 6.20. The first-order valence-corrected chi connectivity index (χ1v) is 8.35. The molecule has 1 heterocycles.